The van der Waals surface area contributed by atoms with E-state index in [1.807, 2.05) is 72.0 Å². The molecule has 0 fully saturated rings. The molecule has 12 rings (SSSR count). The van der Waals surface area contributed by atoms with E-state index in [2.05, 4.69) is 114 Å². The summed E-state index contributed by atoms with van der Waals surface area (Å²) in [6, 6.07) is 59.4. The van der Waals surface area contributed by atoms with Crippen LogP contribution in [0.2, 0.25) is 0 Å². The number of hydrogen-bond donors (Lipinski definition) is 0. The Labute approximate surface area is 318 Å². The van der Waals surface area contributed by atoms with Gasteiger partial charge in [0, 0.05) is 69.5 Å². The molecule has 55 heavy (non-hydrogen) atoms. The maximum absolute atomic E-state index is 6.82. The lowest BCUT2D eigenvalue weighted by atomic mass is 9.99. The highest BCUT2D eigenvalue weighted by molar-refractivity contribution is 7.26. The number of rotatable bonds is 4. The molecule has 0 unspecified atom stereocenters. The number of fused-ring (bicyclic) bond motifs is 12. The van der Waals surface area contributed by atoms with Gasteiger partial charge in [-0.2, -0.15) is 0 Å². The largest absolute Gasteiger partial charge is 0.455 e. The van der Waals surface area contributed by atoms with Crippen molar-refractivity contribution in [1.82, 2.24) is 19.5 Å². The lowest BCUT2D eigenvalue weighted by molar-refractivity contribution is 0.672. The SMILES string of the molecule is c1ccc(-c2nc(-c3ccccc3)nc(-c3cc4ccccc4c4oc5ccc(-n6c7ccccc7c7c8sc9ccccc9c8ccc76)cc5c34)n2)cc1. The predicted octanol–water partition coefficient (Wildman–Crippen LogP) is 13.4. The van der Waals surface area contributed by atoms with Crippen LogP contribution < -0.4 is 0 Å². The van der Waals surface area contributed by atoms with Crippen LogP contribution in [0, 0.1) is 0 Å². The van der Waals surface area contributed by atoms with Crippen molar-refractivity contribution in [2.24, 2.45) is 0 Å². The quantitative estimate of drug-likeness (QED) is 0.182. The van der Waals surface area contributed by atoms with Crippen molar-refractivity contribution in [2.75, 3.05) is 0 Å². The number of hydrogen-bond acceptors (Lipinski definition) is 5. The van der Waals surface area contributed by atoms with E-state index in [0.717, 1.165) is 60.6 Å². The predicted molar refractivity (Wildman–Crippen MR) is 228 cm³/mol. The first-order chi connectivity index (χ1) is 27.3. The highest BCUT2D eigenvalue weighted by atomic mass is 32.1. The summed E-state index contributed by atoms with van der Waals surface area (Å²) in [5.41, 5.74) is 7.79. The lowest BCUT2D eigenvalue weighted by Crippen LogP contribution is -2.00. The average Bonchev–Trinajstić information content (AvgIpc) is 3.93. The van der Waals surface area contributed by atoms with Crippen LogP contribution >= 0.6 is 11.3 Å². The van der Waals surface area contributed by atoms with E-state index in [9.17, 15) is 0 Å². The van der Waals surface area contributed by atoms with E-state index in [1.165, 1.54) is 36.5 Å². The Bertz CT molecular complexity index is 3430. The monoisotopic (exact) mass is 720 g/mol. The molecule has 0 aliphatic carbocycles. The second kappa shape index (κ2) is 11.7. The first-order valence-electron chi connectivity index (χ1n) is 18.4. The third-order valence-corrected chi connectivity index (χ3v) is 12.0. The molecule has 0 saturated carbocycles. The molecular formula is C49H28N4OS. The number of para-hydroxylation sites is 1. The van der Waals surface area contributed by atoms with Gasteiger partial charge in [0.25, 0.3) is 0 Å². The van der Waals surface area contributed by atoms with Gasteiger partial charge in [-0.3, -0.25) is 0 Å². The molecule has 0 spiro atoms. The number of nitrogens with zero attached hydrogens (tertiary/aromatic N) is 4. The summed E-state index contributed by atoms with van der Waals surface area (Å²) < 4.78 is 11.8. The number of benzene rings is 8. The van der Waals surface area contributed by atoms with Gasteiger partial charge in [0.15, 0.2) is 17.5 Å². The van der Waals surface area contributed by atoms with Gasteiger partial charge in [0.2, 0.25) is 0 Å². The number of furan rings is 1. The summed E-state index contributed by atoms with van der Waals surface area (Å²) >= 11 is 1.87. The Hall–Kier alpha value is -7.15. The minimum absolute atomic E-state index is 0.598. The molecule has 256 valence electrons. The normalized spacial score (nSPS) is 12.0. The van der Waals surface area contributed by atoms with Crippen LogP contribution in [0.5, 0.6) is 0 Å². The summed E-state index contributed by atoms with van der Waals surface area (Å²) in [5, 5.41) is 9.21. The van der Waals surface area contributed by atoms with Crippen molar-refractivity contribution < 1.29 is 4.42 Å². The fourth-order valence-electron chi connectivity index (χ4n) is 8.36. The third-order valence-electron chi connectivity index (χ3n) is 10.8. The first-order valence-corrected chi connectivity index (χ1v) is 19.2. The zero-order chi connectivity index (χ0) is 36.0. The fraction of sp³-hybridized carbons (Fsp3) is 0. The van der Waals surface area contributed by atoms with Gasteiger partial charge < -0.3 is 8.98 Å². The van der Waals surface area contributed by atoms with Crippen LogP contribution in [0.4, 0.5) is 0 Å². The van der Waals surface area contributed by atoms with Gasteiger partial charge in [0.05, 0.1) is 11.0 Å². The molecule has 0 bridgehead atoms. The molecule has 4 aromatic heterocycles. The standard InChI is InChI=1S/C49H28N4OS/c1-3-13-29(14-4-1)47-50-48(30-15-5-2-6-16-30)52-49(51-47)38-27-31-17-7-8-18-33(31)45-43(38)37-28-32(23-26-41(37)54-45)53-39-21-11-9-20-36(39)44-40(53)25-24-35-34-19-10-12-22-42(34)55-46(35)44/h1-28H. The summed E-state index contributed by atoms with van der Waals surface area (Å²) in [5.74, 6) is 1.84. The highest BCUT2D eigenvalue weighted by Crippen LogP contribution is 2.45. The van der Waals surface area contributed by atoms with E-state index in [0.29, 0.717) is 17.5 Å². The van der Waals surface area contributed by atoms with Crippen LogP contribution in [0.15, 0.2) is 174 Å². The molecular weight excluding hydrogens is 693 g/mol. The van der Waals surface area contributed by atoms with Crippen molar-refractivity contribution in [2.45, 2.75) is 0 Å². The molecule has 0 amide bonds. The molecule has 4 heterocycles. The van der Waals surface area contributed by atoms with Gasteiger partial charge >= 0.3 is 0 Å². The van der Waals surface area contributed by atoms with Crippen molar-refractivity contribution in [1.29, 1.82) is 0 Å². The Balaban J connectivity index is 1.16. The molecule has 0 radical (unpaired) electrons. The molecule has 0 aliphatic rings. The number of thiophene rings is 1. The summed E-state index contributed by atoms with van der Waals surface area (Å²) in [6.07, 6.45) is 0. The molecule has 0 saturated heterocycles. The molecule has 5 nitrogen and oxygen atoms in total. The molecule has 6 heteroatoms. The Morgan fingerprint density at radius 2 is 1.11 bits per heavy atom. The topological polar surface area (TPSA) is 56.7 Å². The summed E-state index contributed by atoms with van der Waals surface area (Å²) in [7, 11) is 0. The van der Waals surface area contributed by atoms with Crippen LogP contribution in [0.3, 0.4) is 0 Å². The van der Waals surface area contributed by atoms with Crippen LogP contribution in [0.1, 0.15) is 0 Å². The van der Waals surface area contributed by atoms with Gasteiger partial charge in [-0.15, -0.1) is 11.3 Å². The lowest BCUT2D eigenvalue weighted by Gasteiger charge is -2.11. The van der Waals surface area contributed by atoms with Crippen molar-refractivity contribution in [3.63, 3.8) is 0 Å². The number of aromatic nitrogens is 4. The molecule has 0 aliphatic heterocycles. The maximum Gasteiger partial charge on any atom is 0.164 e. The minimum Gasteiger partial charge on any atom is -0.455 e. The summed E-state index contributed by atoms with van der Waals surface area (Å²) in [4.78, 5) is 15.3. The summed E-state index contributed by atoms with van der Waals surface area (Å²) in [6.45, 7) is 0. The first kappa shape index (κ1) is 30.3. The molecule has 0 N–H and O–H groups in total. The maximum atomic E-state index is 6.82. The smallest absolute Gasteiger partial charge is 0.164 e. The van der Waals surface area contributed by atoms with Gasteiger partial charge in [-0.25, -0.2) is 15.0 Å². The molecule has 8 aromatic carbocycles. The molecule has 0 atom stereocenters. The van der Waals surface area contributed by atoms with Gasteiger partial charge in [-0.1, -0.05) is 127 Å². The Kier molecular flexibility index (Phi) is 6.44. The zero-order valence-electron chi connectivity index (χ0n) is 29.3. The van der Waals surface area contributed by atoms with E-state index >= 15 is 0 Å². The zero-order valence-corrected chi connectivity index (χ0v) is 30.1. The van der Waals surface area contributed by atoms with Crippen LogP contribution in [-0.2, 0) is 0 Å². The van der Waals surface area contributed by atoms with Crippen LogP contribution in [-0.4, -0.2) is 19.5 Å². The Morgan fingerprint density at radius 1 is 0.455 bits per heavy atom. The van der Waals surface area contributed by atoms with E-state index in [4.69, 9.17) is 19.4 Å². The second-order valence-corrected chi connectivity index (χ2v) is 15.0. The highest BCUT2D eigenvalue weighted by Gasteiger charge is 2.22. The van der Waals surface area contributed by atoms with Crippen molar-refractivity contribution >= 4 is 86.0 Å². The second-order valence-electron chi connectivity index (χ2n) is 14.0. The van der Waals surface area contributed by atoms with Gasteiger partial charge in [-0.05, 0) is 47.9 Å². The third kappa shape index (κ3) is 4.55. The Morgan fingerprint density at radius 3 is 1.89 bits per heavy atom. The molecule has 12 aromatic rings. The van der Waals surface area contributed by atoms with E-state index < -0.39 is 0 Å². The van der Waals surface area contributed by atoms with E-state index in [-0.39, 0.29) is 0 Å². The van der Waals surface area contributed by atoms with Crippen LogP contribution in [0.25, 0.3) is 115 Å². The average molecular weight is 721 g/mol. The van der Waals surface area contributed by atoms with Crippen molar-refractivity contribution in [3.05, 3.63) is 170 Å². The van der Waals surface area contributed by atoms with E-state index in [1.54, 1.807) is 0 Å². The minimum atomic E-state index is 0.598. The fourth-order valence-corrected chi connectivity index (χ4v) is 9.62. The van der Waals surface area contributed by atoms with Gasteiger partial charge in [0.1, 0.15) is 11.2 Å². The van der Waals surface area contributed by atoms with Crippen molar-refractivity contribution in [3.8, 4) is 39.9 Å².